The molecule has 0 spiro atoms. The van der Waals surface area contributed by atoms with Gasteiger partial charge in [-0.05, 0) is 47.6 Å². The monoisotopic (exact) mass is 364 g/mol. The first kappa shape index (κ1) is 15.2. The summed E-state index contributed by atoms with van der Waals surface area (Å²) >= 11 is 1.94. The molecule has 1 aromatic rings. The number of benzene rings is 1. The first-order chi connectivity index (χ1) is 8.41. The van der Waals surface area contributed by atoms with Crippen molar-refractivity contribution in [1.82, 2.24) is 0 Å². The SMILES string of the molecule is CCC(O)(CC)CNc1ccc([N+](=O)[O-])c(I)c1. The quantitative estimate of drug-likeness (QED) is 0.462. The Balaban J connectivity index is 2.75. The van der Waals surface area contributed by atoms with Gasteiger partial charge in [0.2, 0.25) is 0 Å². The van der Waals surface area contributed by atoms with Gasteiger partial charge >= 0.3 is 0 Å². The molecule has 1 rings (SSSR count). The van der Waals surface area contributed by atoms with Crippen molar-refractivity contribution in [3.63, 3.8) is 0 Å². The van der Waals surface area contributed by atoms with Crippen LogP contribution in [0.1, 0.15) is 26.7 Å². The van der Waals surface area contributed by atoms with Crippen LogP contribution in [0.25, 0.3) is 0 Å². The summed E-state index contributed by atoms with van der Waals surface area (Å²) in [4.78, 5) is 10.3. The van der Waals surface area contributed by atoms with E-state index in [0.717, 1.165) is 5.69 Å². The van der Waals surface area contributed by atoms with Gasteiger partial charge < -0.3 is 10.4 Å². The van der Waals surface area contributed by atoms with Crippen LogP contribution in [0.3, 0.4) is 0 Å². The van der Waals surface area contributed by atoms with Crippen molar-refractivity contribution in [2.24, 2.45) is 0 Å². The molecule has 0 saturated heterocycles. The molecule has 6 heteroatoms. The number of rotatable bonds is 6. The van der Waals surface area contributed by atoms with E-state index in [1.165, 1.54) is 6.07 Å². The third kappa shape index (κ3) is 3.81. The van der Waals surface area contributed by atoms with Gasteiger partial charge in [-0.1, -0.05) is 13.8 Å². The number of hydrogen-bond acceptors (Lipinski definition) is 4. The number of anilines is 1. The maximum absolute atomic E-state index is 10.7. The number of nitro benzene ring substituents is 1. The number of nitrogens with zero attached hydrogens (tertiary/aromatic N) is 1. The molecule has 0 heterocycles. The molecule has 2 N–H and O–H groups in total. The van der Waals surface area contributed by atoms with Crippen molar-refractivity contribution >= 4 is 34.0 Å². The molecule has 0 aliphatic heterocycles. The molecule has 5 nitrogen and oxygen atoms in total. The Morgan fingerprint density at radius 2 is 2.06 bits per heavy atom. The third-order valence-corrected chi connectivity index (χ3v) is 3.95. The molecular formula is C12H17IN2O3. The molecule has 0 saturated carbocycles. The van der Waals surface area contributed by atoms with Gasteiger partial charge in [0.25, 0.3) is 5.69 Å². The van der Waals surface area contributed by atoms with E-state index >= 15 is 0 Å². The lowest BCUT2D eigenvalue weighted by molar-refractivity contribution is -0.385. The van der Waals surface area contributed by atoms with Crippen LogP contribution < -0.4 is 5.32 Å². The summed E-state index contributed by atoms with van der Waals surface area (Å²) in [5, 5.41) is 23.9. The lowest BCUT2D eigenvalue weighted by Crippen LogP contribution is -2.35. The maximum atomic E-state index is 10.7. The average Bonchev–Trinajstić information content (AvgIpc) is 2.35. The number of aliphatic hydroxyl groups is 1. The van der Waals surface area contributed by atoms with Crippen LogP contribution in [0.15, 0.2) is 18.2 Å². The molecule has 0 fully saturated rings. The zero-order valence-corrected chi connectivity index (χ0v) is 12.6. The molecule has 0 bridgehead atoms. The molecule has 1 aromatic carbocycles. The van der Waals surface area contributed by atoms with Crippen molar-refractivity contribution in [3.05, 3.63) is 31.9 Å². The maximum Gasteiger partial charge on any atom is 0.282 e. The van der Waals surface area contributed by atoms with Crippen LogP contribution in [0.5, 0.6) is 0 Å². The van der Waals surface area contributed by atoms with Gasteiger partial charge in [0.05, 0.1) is 14.1 Å². The Morgan fingerprint density at radius 1 is 1.44 bits per heavy atom. The predicted molar refractivity (Wildman–Crippen MR) is 79.8 cm³/mol. The lowest BCUT2D eigenvalue weighted by atomic mass is 9.97. The summed E-state index contributed by atoms with van der Waals surface area (Å²) in [5.74, 6) is 0. The van der Waals surface area contributed by atoms with E-state index in [2.05, 4.69) is 5.32 Å². The first-order valence-corrected chi connectivity index (χ1v) is 6.90. The highest BCUT2D eigenvalue weighted by molar-refractivity contribution is 14.1. The van der Waals surface area contributed by atoms with E-state index in [4.69, 9.17) is 0 Å². The van der Waals surface area contributed by atoms with Gasteiger partial charge in [0, 0.05) is 18.3 Å². The molecular weight excluding hydrogens is 347 g/mol. The lowest BCUT2D eigenvalue weighted by Gasteiger charge is -2.26. The van der Waals surface area contributed by atoms with Crippen LogP contribution in [-0.4, -0.2) is 22.2 Å². The molecule has 0 aromatic heterocycles. The second-order valence-corrected chi connectivity index (χ2v) is 5.37. The fraction of sp³-hybridized carbons (Fsp3) is 0.500. The highest BCUT2D eigenvalue weighted by Crippen LogP contribution is 2.25. The molecule has 100 valence electrons. The third-order valence-electron chi connectivity index (χ3n) is 3.08. The van der Waals surface area contributed by atoms with Crippen LogP contribution in [-0.2, 0) is 0 Å². The van der Waals surface area contributed by atoms with Gasteiger partial charge in [0.1, 0.15) is 0 Å². The van der Waals surface area contributed by atoms with Gasteiger partial charge in [-0.15, -0.1) is 0 Å². The first-order valence-electron chi connectivity index (χ1n) is 5.82. The largest absolute Gasteiger partial charge is 0.388 e. The smallest absolute Gasteiger partial charge is 0.282 e. The summed E-state index contributed by atoms with van der Waals surface area (Å²) in [7, 11) is 0. The standard InChI is InChI=1S/C12H17IN2O3/c1-3-12(16,4-2)8-14-9-5-6-11(15(17)18)10(13)7-9/h5-7,14,16H,3-4,8H2,1-2H3. The summed E-state index contributed by atoms with van der Waals surface area (Å²) < 4.78 is 0.583. The number of halogens is 1. The molecule has 0 radical (unpaired) electrons. The van der Waals surface area contributed by atoms with Crippen molar-refractivity contribution in [2.45, 2.75) is 32.3 Å². The zero-order chi connectivity index (χ0) is 13.8. The molecule has 18 heavy (non-hydrogen) atoms. The van der Waals surface area contributed by atoms with Gasteiger partial charge in [0.15, 0.2) is 0 Å². The Labute approximate surface area is 120 Å². The van der Waals surface area contributed by atoms with Gasteiger partial charge in [-0.2, -0.15) is 0 Å². The fourth-order valence-corrected chi connectivity index (χ4v) is 2.24. The van der Waals surface area contributed by atoms with Crippen LogP contribution >= 0.6 is 22.6 Å². The molecule has 0 atom stereocenters. The Hall–Kier alpha value is -0.890. The second kappa shape index (κ2) is 6.33. The van der Waals surface area contributed by atoms with Crippen LogP contribution in [0.4, 0.5) is 11.4 Å². The summed E-state index contributed by atoms with van der Waals surface area (Å²) in [6.45, 7) is 4.31. The van der Waals surface area contributed by atoms with Gasteiger partial charge in [-0.3, -0.25) is 10.1 Å². The predicted octanol–water partition coefficient (Wildman–Crippen LogP) is 3.16. The minimum atomic E-state index is -0.729. The Kier molecular flexibility index (Phi) is 5.33. The van der Waals surface area contributed by atoms with E-state index in [9.17, 15) is 15.2 Å². The molecule has 0 aliphatic rings. The molecule has 0 amide bonds. The van der Waals surface area contributed by atoms with E-state index in [0.29, 0.717) is 23.0 Å². The van der Waals surface area contributed by atoms with Crippen molar-refractivity contribution in [1.29, 1.82) is 0 Å². The van der Waals surface area contributed by atoms with Crippen LogP contribution in [0, 0.1) is 13.7 Å². The minimum absolute atomic E-state index is 0.0994. The number of hydrogen-bond donors (Lipinski definition) is 2. The van der Waals surface area contributed by atoms with E-state index in [1.54, 1.807) is 12.1 Å². The highest BCUT2D eigenvalue weighted by atomic mass is 127. The zero-order valence-electron chi connectivity index (χ0n) is 10.4. The summed E-state index contributed by atoms with van der Waals surface area (Å²) in [5.41, 5.74) is 0.153. The number of nitrogens with one attached hydrogen (secondary N) is 1. The van der Waals surface area contributed by atoms with Gasteiger partial charge in [-0.25, -0.2) is 0 Å². The van der Waals surface area contributed by atoms with Crippen LogP contribution in [0.2, 0.25) is 0 Å². The topological polar surface area (TPSA) is 75.4 Å². The highest BCUT2D eigenvalue weighted by Gasteiger charge is 2.21. The van der Waals surface area contributed by atoms with Crippen molar-refractivity contribution in [3.8, 4) is 0 Å². The Morgan fingerprint density at radius 3 is 2.50 bits per heavy atom. The Bertz CT molecular complexity index is 433. The minimum Gasteiger partial charge on any atom is -0.388 e. The second-order valence-electron chi connectivity index (χ2n) is 4.21. The summed E-state index contributed by atoms with van der Waals surface area (Å²) in [6, 6.07) is 4.84. The van der Waals surface area contributed by atoms with E-state index in [-0.39, 0.29) is 5.69 Å². The average molecular weight is 364 g/mol. The number of nitro groups is 1. The molecule has 0 aliphatic carbocycles. The van der Waals surface area contributed by atoms with Crippen molar-refractivity contribution < 1.29 is 10.0 Å². The normalized spacial score (nSPS) is 11.3. The summed E-state index contributed by atoms with van der Waals surface area (Å²) in [6.07, 6.45) is 1.33. The van der Waals surface area contributed by atoms with Crippen molar-refractivity contribution in [2.75, 3.05) is 11.9 Å². The molecule has 0 unspecified atom stereocenters. The van der Waals surface area contributed by atoms with E-state index < -0.39 is 10.5 Å². The van der Waals surface area contributed by atoms with E-state index in [1.807, 2.05) is 36.4 Å². The fourth-order valence-electron chi connectivity index (χ4n) is 1.53.